The smallest absolute Gasteiger partial charge is 0.132 e. The maximum Gasteiger partial charge on any atom is 0.132 e. The third-order valence-electron chi connectivity index (χ3n) is 4.53. The molecule has 0 atom stereocenters. The average molecular weight is 283 g/mol. The highest BCUT2D eigenvalue weighted by Gasteiger charge is 2.17. The fourth-order valence-electron chi connectivity index (χ4n) is 3.59. The zero-order chi connectivity index (χ0) is 14.7. The summed E-state index contributed by atoms with van der Waals surface area (Å²) in [5.41, 5.74) is 0.836. The highest BCUT2D eigenvalue weighted by atomic mass is 16.3. The van der Waals surface area contributed by atoms with E-state index in [9.17, 15) is 5.11 Å². The lowest BCUT2D eigenvalue weighted by Gasteiger charge is -2.15. The van der Waals surface area contributed by atoms with Gasteiger partial charge in [-0.05, 0) is 22.2 Å². The van der Waals surface area contributed by atoms with Crippen molar-refractivity contribution in [3.05, 3.63) is 65.5 Å². The van der Waals surface area contributed by atoms with E-state index >= 15 is 0 Å². The maximum atomic E-state index is 10.7. The van der Waals surface area contributed by atoms with Gasteiger partial charge in [-0.1, -0.05) is 54.6 Å². The Morgan fingerprint density at radius 3 is 2.64 bits per heavy atom. The van der Waals surface area contributed by atoms with Gasteiger partial charge in [-0.2, -0.15) is 0 Å². The van der Waals surface area contributed by atoms with Gasteiger partial charge in [0.05, 0.1) is 11.9 Å². The second-order valence-electron chi connectivity index (χ2n) is 5.73. The van der Waals surface area contributed by atoms with Crippen LogP contribution in [0.5, 0.6) is 5.75 Å². The molecule has 0 unspecified atom stereocenters. The molecule has 0 radical (unpaired) electrons. The van der Waals surface area contributed by atoms with Crippen LogP contribution in [-0.4, -0.2) is 11.7 Å². The molecule has 0 amide bonds. The van der Waals surface area contributed by atoms with Crippen molar-refractivity contribution in [2.75, 3.05) is 6.54 Å². The van der Waals surface area contributed by atoms with Crippen LogP contribution in [0.25, 0.3) is 38.4 Å². The number of hydrogen-bond donors (Lipinski definition) is 1. The summed E-state index contributed by atoms with van der Waals surface area (Å²) in [5, 5.41) is 18.3. The lowest BCUT2D eigenvalue weighted by Crippen LogP contribution is -2.13. The third kappa shape index (κ3) is 1.37. The zero-order valence-electron chi connectivity index (χ0n) is 11.9. The van der Waals surface area contributed by atoms with Crippen LogP contribution in [0.3, 0.4) is 0 Å². The molecule has 0 saturated heterocycles. The van der Waals surface area contributed by atoms with Gasteiger partial charge in [0, 0.05) is 21.7 Å². The first-order valence-electron chi connectivity index (χ1n) is 7.44. The van der Waals surface area contributed by atoms with E-state index in [2.05, 4.69) is 41.4 Å². The van der Waals surface area contributed by atoms with Gasteiger partial charge in [0.2, 0.25) is 0 Å². The molecule has 5 rings (SSSR count). The SMILES string of the molecule is Oc1c2c(c3c4ccccc4cc4cccc1c43)=NCC=C2. The van der Waals surface area contributed by atoms with Gasteiger partial charge in [-0.3, -0.25) is 4.99 Å². The van der Waals surface area contributed by atoms with Crippen molar-refractivity contribution in [3.8, 4) is 5.75 Å². The Morgan fingerprint density at radius 1 is 0.864 bits per heavy atom. The Kier molecular flexibility index (Phi) is 2.18. The van der Waals surface area contributed by atoms with Crippen molar-refractivity contribution in [1.29, 1.82) is 0 Å². The highest BCUT2D eigenvalue weighted by Crippen LogP contribution is 2.37. The molecule has 2 heteroatoms. The maximum absolute atomic E-state index is 10.7. The van der Waals surface area contributed by atoms with Crippen molar-refractivity contribution < 1.29 is 5.11 Å². The van der Waals surface area contributed by atoms with E-state index in [-0.39, 0.29) is 0 Å². The van der Waals surface area contributed by atoms with Gasteiger partial charge in [0.1, 0.15) is 5.75 Å². The van der Waals surface area contributed by atoms with Crippen molar-refractivity contribution in [3.63, 3.8) is 0 Å². The van der Waals surface area contributed by atoms with E-state index in [0.29, 0.717) is 12.3 Å². The van der Waals surface area contributed by atoms with Crippen molar-refractivity contribution in [2.24, 2.45) is 4.99 Å². The predicted octanol–water partition coefficient (Wildman–Crippen LogP) is 4.22. The molecule has 0 fully saturated rings. The Hall–Kier alpha value is -2.87. The summed E-state index contributed by atoms with van der Waals surface area (Å²) in [5.74, 6) is 0.336. The van der Waals surface area contributed by atoms with Crippen LogP contribution in [0.4, 0.5) is 0 Å². The largest absolute Gasteiger partial charge is 0.507 e. The topological polar surface area (TPSA) is 32.6 Å². The number of phenols is 1. The normalized spacial score (nSPS) is 13.6. The quantitative estimate of drug-likeness (QED) is 0.380. The lowest BCUT2D eigenvalue weighted by atomic mass is 9.91. The van der Waals surface area contributed by atoms with Crippen molar-refractivity contribution in [2.45, 2.75) is 0 Å². The second kappa shape index (κ2) is 4.08. The molecule has 22 heavy (non-hydrogen) atoms. The molecule has 0 saturated carbocycles. The number of aromatic hydroxyl groups is 1. The first kappa shape index (κ1) is 11.8. The van der Waals surface area contributed by atoms with Crippen molar-refractivity contribution in [1.82, 2.24) is 0 Å². The van der Waals surface area contributed by atoms with E-state index in [1.165, 1.54) is 10.8 Å². The number of benzene rings is 4. The molecule has 0 bridgehead atoms. The zero-order valence-corrected chi connectivity index (χ0v) is 11.9. The molecule has 104 valence electrons. The number of rotatable bonds is 0. The van der Waals surface area contributed by atoms with E-state index in [0.717, 1.165) is 32.5 Å². The summed E-state index contributed by atoms with van der Waals surface area (Å²) < 4.78 is 0. The van der Waals surface area contributed by atoms with Crippen LogP contribution in [0.1, 0.15) is 5.56 Å². The van der Waals surface area contributed by atoms with E-state index in [1.54, 1.807) is 0 Å². The average Bonchev–Trinajstić information content (AvgIpc) is 2.58. The molecule has 1 aliphatic rings. The predicted molar refractivity (Wildman–Crippen MR) is 91.3 cm³/mol. The first-order chi connectivity index (χ1) is 10.8. The summed E-state index contributed by atoms with van der Waals surface area (Å²) in [6, 6.07) is 16.7. The minimum atomic E-state index is 0.336. The Balaban J connectivity index is 2.25. The minimum Gasteiger partial charge on any atom is -0.507 e. The monoisotopic (exact) mass is 283 g/mol. The van der Waals surface area contributed by atoms with Gasteiger partial charge in [-0.25, -0.2) is 0 Å². The van der Waals surface area contributed by atoms with Gasteiger partial charge in [0.25, 0.3) is 0 Å². The van der Waals surface area contributed by atoms with Crippen LogP contribution in [0.2, 0.25) is 0 Å². The molecule has 1 aliphatic heterocycles. The lowest BCUT2D eigenvalue weighted by molar-refractivity contribution is 0.479. The second-order valence-corrected chi connectivity index (χ2v) is 5.73. The Labute approximate surface area is 127 Å². The number of phenolic OH excluding ortho intramolecular Hbond substituents is 1. The van der Waals surface area contributed by atoms with Gasteiger partial charge in [0.15, 0.2) is 0 Å². The molecule has 0 spiro atoms. The first-order valence-corrected chi connectivity index (χ1v) is 7.44. The molecule has 4 aromatic rings. The van der Waals surface area contributed by atoms with Crippen LogP contribution < -0.4 is 5.36 Å². The summed E-state index contributed by atoms with van der Waals surface area (Å²) in [6.07, 6.45) is 3.98. The fraction of sp³-hybridized carbons (Fsp3) is 0.0500. The van der Waals surface area contributed by atoms with Crippen molar-refractivity contribution >= 4 is 38.4 Å². The van der Waals surface area contributed by atoms with Gasteiger partial charge < -0.3 is 5.11 Å². The molecule has 0 aliphatic carbocycles. The number of hydrogen-bond acceptors (Lipinski definition) is 2. The highest BCUT2D eigenvalue weighted by molar-refractivity contribution is 6.23. The summed E-state index contributed by atoms with van der Waals surface area (Å²) >= 11 is 0. The standard InChI is InChI=1S/C20H13NO/c22-20-15-8-3-6-13-11-12-5-1-2-7-14(12)18(17(13)15)19-16(20)9-4-10-21-19/h1-9,11,22H,10H2. The molecule has 0 aromatic heterocycles. The molecule has 2 nitrogen and oxygen atoms in total. The van der Waals surface area contributed by atoms with E-state index < -0.39 is 0 Å². The molecule has 1 N–H and O–H groups in total. The van der Waals surface area contributed by atoms with Crippen LogP contribution in [0, 0.1) is 0 Å². The summed E-state index contributed by atoms with van der Waals surface area (Å²) in [6.45, 7) is 0.666. The molecule has 4 aromatic carbocycles. The number of fused-ring (bicyclic) bond motifs is 4. The molecule has 1 heterocycles. The molecular formula is C20H13NO. The summed E-state index contributed by atoms with van der Waals surface area (Å²) in [4.78, 5) is 4.69. The Bertz CT molecular complexity index is 1160. The van der Waals surface area contributed by atoms with Gasteiger partial charge >= 0.3 is 0 Å². The van der Waals surface area contributed by atoms with E-state index in [1.807, 2.05) is 24.3 Å². The van der Waals surface area contributed by atoms with Crippen LogP contribution in [0.15, 0.2) is 59.6 Å². The van der Waals surface area contributed by atoms with E-state index in [4.69, 9.17) is 0 Å². The Morgan fingerprint density at radius 2 is 1.68 bits per heavy atom. The fourth-order valence-corrected chi connectivity index (χ4v) is 3.59. The minimum absolute atomic E-state index is 0.336. The van der Waals surface area contributed by atoms with Gasteiger partial charge in [-0.15, -0.1) is 0 Å². The van der Waals surface area contributed by atoms with Crippen LogP contribution >= 0.6 is 0 Å². The summed E-state index contributed by atoms with van der Waals surface area (Å²) in [7, 11) is 0. The third-order valence-corrected chi connectivity index (χ3v) is 4.53. The number of nitrogens with zero attached hydrogens (tertiary/aromatic N) is 1. The van der Waals surface area contributed by atoms with Crippen LogP contribution in [-0.2, 0) is 0 Å². The molecular weight excluding hydrogens is 270 g/mol.